The fourth-order valence-electron chi connectivity index (χ4n) is 2.81. The van der Waals surface area contributed by atoms with Gasteiger partial charge in [0.05, 0.1) is 22.7 Å². The summed E-state index contributed by atoms with van der Waals surface area (Å²) in [6, 6.07) is 3.77. The normalized spacial score (nSPS) is 20.8. The molecule has 2 heterocycles. The maximum Gasteiger partial charge on any atom is 0.256 e. The summed E-state index contributed by atoms with van der Waals surface area (Å²) in [6.45, 7) is 0.0259. The van der Waals surface area contributed by atoms with Crippen LogP contribution in [-0.2, 0) is 0 Å². The van der Waals surface area contributed by atoms with Gasteiger partial charge in [-0.05, 0) is 30.7 Å². The summed E-state index contributed by atoms with van der Waals surface area (Å²) < 4.78 is 27.5. The first-order valence-corrected chi connectivity index (χ1v) is 7.38. The van der Waals surface area contributed by atoms with Crippen LogP contribution in [0.1, 0.15) is 28.4 Å². The Bertz CT molecular complexity index is 757. The molecule has 2 aromatic rings. The third-order valence-corrected chi connectivity index (χ3v) is 4.16. The fourth-order valence-corrected chi connectivity index (χ4v) is 3.01. The molecule has 1 aromatic heterocycles. The van der Waals surface area contributed by atoms with Crippen LogP contribution < -0.4 is 0 Å². The lowest BCUT2D eigenvalue weighted by atomic mass is 10.0. The minimum absolute atomic E-state index is 0.0259. The second kappa shape index (κ2) is 6.22. The monoisotopic (exact) mass is 338 g/mol. The molecular formula is C16H13ClF2N2O2. The van der Waals surface area contributed by atoms with Crippen LogP contribution in [0.15, 0.2) is 36.7 Å². The van der Waals surface area contributed by atoms with E-state index in [-0.39, 0.29) is 29.1 Å². The summed E-state index contributed by atoms with van der Waals surface area (Å²) in [4.78, 5) is 17.8. The Morgan fingerprint density at radius 2 is 2.13 bits per heavy atom. The number of rotatable bonds is 2. The van der Waals surface area contributed by atoms with Crippen molar-refractivity contribution in [2.45, 2.75) is 18.6 Å². The van der Waals surface area contributed by atoms with E-state index in [1.807, 2.05) is 0 Å². The molecule has 1 saturated heterocycles. The van der Waals surface area contributed by atoms with Gasteiger partial charge in [0.15, 0.2) is 0 Å². The van der Waals surface area contributed by atoms with E-state index in [2.05, 4.69) is 4.98 Å². The Morgan fingerprint density at radius 3 is 2.87 bits per heavy atom. The maximum atomic E-state index is 14.0. The second-order valence-corrected chi connectivity index (χ2v) is 5.79. The quantitative estimate of drug-likeness (QED) is 0.916. The van der Waals surface area contributed by atoms with E-state index in [9.17, 15) is 18.7 Å². The molecule has 1 aromatic carbocycles. The van der Waals surface area contributed by atoms with Crippen molar-refractivity contribution in [2.75, 3.05) is 6.54 Å². The number of nitrogens with zero attached hydrogens (tertiary/aromatic N) is 2. The third kappa shape index (κ3) is 3.04. The van der Waals surface area contributed by atoms with Crippen LogP contribution in [0, 0.1) is 11.6 Å². The van der Waals surface area contributed by atoms with Gasteiger partial charge in [0, 0.05) is 24.5 Å². The molecule has 1 aliphatic heterocycles. The van der Waals surface area contributed by atoms with Crippen LogP contribution in [0.3, 0.4) is 0 Å². The Hall–Kier alpha value is -2.05. The predicted octanol–water partition coefficient (Wildman–Crippen LogP) is 2.96. The predicted molar refractivity (Wildman–Crippen MR) is 80.0 cm³/mol. The minimum atomic E-state index is -0.813. The molecule has 1 fully saturated rings. The van der Waals surface area contributed by atoms with Crippen LogP contribution in [0.25, 0.3) is 0 Å². The molecule has 1 N–H and O–H groups in total. The van der Waals surface area contributed by atoms with Gasteiger partial charge in [-0.1, -0.05) is 11.6 Å². The topological polar surface area (TPSA) is 53.4 Å². The number of halogens is 3. The largest absolute Gasteiger partial charge is 0.391 e. The van der Waals surface area contributed by atoms with Gasteiger partial charge in [-0.3, -0.25) is 9.78 Å². The number of carbonyl (C=O) groups excluding carboxylic acids is 1. The maximum absolute atomic E-state index is 14.0. The average molecular weight is 339 g/mol. The van der Waals surface area contributed by atoms with E-state index < -0.39 is 29.7 Å². The molecule has 0 bridgehead atoms. The zero-order valence-corrected chi connectivity index (χ0v) is 12.7. The van der Waals surface area contributed by atoms with Crippen molar-refractivity contribution >= 4 is 17.5 Å². The Kier molecular flexibility index (Phi) is 4.28. The van der Waals surface area contributed by atoms with Crippen molar-refractivity contribution in [1.82, 2.24) is 9.88 Å². The Morgan fingerprint density at radius 1 is 1.35 bits per heavy atom. The molecule has 4 nitrogen and oxygen atoms in total. The summed E-state index contributed by atoms with van der Waals surface area (Å²) in [5.41, 5.74) is 0.248. The number of pyridine rings is 1. The van der Waals surface area contributed by atoms with Gasteiger partial charge in [-0.25, -0.2) is 8.78 Å². The Balaban J connectivity index is 1.99. The molecule has 120 valence electrons. The van der Waals surface area contributed by atoms with Gasteiger partial charge in [0.2, 0.25) is 0 Å². The van der Waals surface area contributed by atoms with Gasteiger partial charge in [0.25, 0.3) is 5.91 Å². The van der Waals surface area contributed by atoms with Crippen LogP contribution in [0.5, 0.6) is 0 Å². The second-order valence-electron chi connectivity index (χ2n) is 5.38. The van der Waals surface area contributed by atoms with Crippen molar-refractivity contribution in [3.8, 4) is 0 Å². The average Bonchev–Trinajstić information content (AvgIpc) is 2.91. The van der Waals surface area contributed by atoms with Crippen molar-refractivity contribution in [3.05, 3.63) is 64.4 Å². The van der Waals surface area contributed by atoms with Gasteiger partial charge in [-0.15, -0.1) is 0 Å². The van der Waals surface area contributed by atoms with Crippen LogP contribution in [0.4, 0.5) is 8.78 Å². The molecule has 1 aliphatic rings. The Labute approximate surface area is 136 Å². The first kappa shape index (κ1) is 15.8. The molecule has 0 spiro atoms. The lowest BCUT2D eigenvalue weighted by molar-refractivity contribution is 0.0714. The van der Waals surface area contributed by atoms with E-state index in [1.54, 1.807) is 0 Å². The van der Waals surface area contributed by atoms with Crippen molar-refractivity contribution in [2.24, 2.45) is 0 Å². The molecule has 0 unspecified atom stereocenters. The molecule has 2 atom stereocenters. The van der Waals surface area contributed by atoms with Crippen LogP contribution >= 0.6 is 11.6 Å². The van der Waals surface area contributed by atoms with E-state index in [4.69, 9.17) is 11.6 Å². The van der Waals surface area contributed by atoms with Gasteiger partial charge >= 0.3 is 0 Å². The molecular weight excluding hydrogens is 326 g/mol. The highest BCUT2D eigenvalue weighted by Crippen LogP contribution is 2.35. The molecule has 0 aliphatic carbocycles. The molecule has 23 heavy (non-hydrogen) atoms. The van der Waals surface area contributed by atoms with Gasteiger partial charge < -0.3 is 10.0 Å². The number of aliphatic hydroxyl groups is 1. The molecule has 0 saturated carbocycles. The highest BCUT2D eigenvalue weighted by Gasteiger charge is 2.37. The number of hydrogen-bond acceptors (Lipinski definition) is 3. The molecule has 7 heteroatoms. The fraction of sp³-hybridized carbons (Fsp3) is 0.250. The zero-order chi connectivity index (χ0) is 16.6. The highest BCUT2D eigenvalue weighted by molar-refractivity contribution is 6.33. The lowest BCUT2D eigenvalue weighted by Crippen LogP contribution is -2.32. The minimum Gasteiger partial charge on any atom is -0.391 e. The van der Waals surface area contributed by atoms with Crippen molar-refractivity contribution in [1.29, 1.82) is 0 Å². The zero-order valence-electron chi connectivity index (χ0n) is 11.9. The highest BCUT2D eigenvalue weighted by atomic mass is 35.5. The third-order valence-electron chi connectivity index (χ3n) is 3.86. The number of benzene rings is 1. The number of aliphatic hydroxyl groups excluding tert-OH is 1. The standard InChI is InChI=1S/C16H13ClF2N2O2/c17-13-7-20-4-3-11(13)16(23)21-8-10(22)6-15(21)12-5-9(18)1-2-14(12)19/h1-5,7,10,15,22H,6,8H2/t10-,15-/m0/s1. The molecule has 0 radical (unpaired) electrons. The summed E-state index contributed by atoms with van der Waals surface area (Å²) in [5.74, 6) is -1.68. The number of carbonyl (C=O) groups is 1. The number of aromatic nitrogens is 1. The van der Waals surface area contributed by atoms with E-state index in [0.717, 1.165) is 18.2 Å². The van der Waals surface area contributed by atoms with Crippen LogP contribution in [-0.4, -0.2) is 33.5 Å². The number of hydrogen-bond donors (Lipinski definition) is 1. The summed E-state index contributed by atoms with van der Waals surface area (Å²) in [6.07, 6.45) is 2.07. The number of amides is 1. The molecule has 3 rings (SSSR count). The van der Waals surface area contributed by atoms with Crippen LogP contribution in [0.2, 0.25) is 5.02 Å². The summed E-state index contributed by atoms with van der Waals surface area (Å²) in [5, 5.41) is 10.1. The number of likely N-dealkylation sites (tertiary alicyclic amines) is 1. The van der Waals surface area contributed by atoms with Gasteiger partial charge in [-0.2, -0.15) is 0 Å². The summed E-state index contributed by atoms with van der Waals surface area (Å²) in [7, 11) is 0. The first-order chi connectivity index (χ1) is 11.0. The van der Waals surface area contributed by atoms with E-state index >= 15 is 0 Å². The molecule has 1 amide bonds. The summed E-state index contributed by atoms with van der Waals surface area (Å²) >= 11 is 5.98. The van der Waals surface area contributed by atoms with Crippen molar-refractivity contribution in [3.63, 3.8) is 0 Å². The van der Waals surface area contributed by atoms with E-state index in [0.29, 0.717) is 0 Å². The smallest absolute Gasteiger partial charge is 0.256 e. The van der Waals surface area contributed by atoms with E-state index in [1.165, 1.54) is 23.4 Å². The van der Waals surface area contributed by atoms with Crippen molar-refractivity contribution < 1.29 is 18.7 Å². The number of β-amino-alcohol motifs (C(OH)–C–C–N with tert-alkyl or cyclic N) is 1. The first-order valence-electron chi connectivity index (χ1n) is 7.01. The lowest BCUT2D eigenvalue weighted by Gasteiger charge is -2.25. The SMILES string of the molecule is O=C(c1ccncc1Cl)N1C[C@@H](O)C[C@H]1c1cc(F)ccc1F. The van der Waals surface area contributed by atoms with Gasteiger partial charge in [0.1, 0.15) is 11.6 Å².